The Kier molecular flexibility index (Phi) is 2.98. The molecule has 4 heteroatoms. The molecule has 1 aromatic rings. The van der Waals surface area contributed by atoms with Gasteiger partial charge in [0.05, 0.1) is 5.69 Å². The summed E-state index contributed by atoms with van der Waals surface area (Å²) < 4.78 is 0. The predicted molar refractivity (Wildman–Crippen MR) is 72.6 cm³/mol. The molecule has 2 aliphatic rings. The summed E-state index contributed by atoms with van der Waals surface area (Å²) in [6.07, 6.45) is 6.77. The molecular weight excluding hydrogens is 224 g/mol. The minimum Gasteiger partial charge on any atom is -0.341 e. The fourth-order valence-corrected chi connectivity index (χ4v) is 2.65. The van der Waals surface area contributed by atoms with Crippen LogP contribution in [-0.2, 0) is 5.41 Å². The van der Waals surface area contributed by atoms with E-state index in [2.05, 4.69) is 22.9 Å². The number of anilines is 1. The van der Waals surface area contributed by atoms with Crippen molar-refractivity contribution in [2.24, 2.45) is 11.7 Å². The molecule has 2 N–H and O–H groups in total. The summed E-state index contributed by atoms with van der Waals surface area (Å²) in [6, 6.07) is 2.07. The highest BCUT2D eigenvalue weighted by atomic mass is 15.3. The van der Waals surface area contributed by atoms with E-state index in [1.54, 1.807) is 0 Å². The van der Waals surface area contributed by atoms with E-state index in [4.69, 9.17) is 10.7 Å². The van der Waals surface area contributed by atoms with E-state index in [1.807, 2.05) is 6.20 Å². The lowest BCUT2D eigenvalue weighted by molar-refractivity contribution is 0.411. The largest absolute Gasteiger partial charge is 0.341 e. The number of rotatable bonds is 3. The van der Waals surface area contributed by atoms with Crippen molar-refractivity contribution >= 4 is 5.95 Å². The van der Waals surface area contributed by atoms with Gasteiger partial charge in [-0.1, -0.05) is 6.92 Å². The van der Waals surface area contributed by atoms with Crippen LogP contribution in [0.4, 0.5) is 5.95 Å². The minimum atomic E-state index is 0.327. The molecule has 1 aliphatic carbocycles. The fourth-order valence-electron chi connectivity index (χ4n) is 2.65. The summed E-state index contributed by atoms with van der Waals surface area (Å²) >= 11 is 0. The van der Waals surface area contributed by atoms with Gasteiger partial charge >= 0.3 is 0 Å². The molecule has 98 valence electrons. The third-order valence-corrected chi connectivity index (χ3v) is 4.49. The summed E-state index contributed by atoms with van der Waals surface area (Å²) in [7, 11) is 0. The lowest BCUT2D eigenvalue weighted by Crippen LogP contribution is -2.37. The van der Waals surface area contributed by atoms with Gasteiger partial charge in [0.25, 0.3) is 0 Å². The predicted octanol–water partition coefficient (Wildman–Crippen LogP) is 1.70. The zero-order chi connectivity index (χ0) is 12.6. The first kappa shape index (κ1) is 11.9. The molecule has 2 fully saturated rings. The van der Waals surface area contributed by atoms with Crippen LogP contribution in [0.15, 0.2) is 12.3 Å². The molecule has 0 spiro atoms. The van der Waals surface area contributed by atoms with Gasteiger partial charge in [-0.25, -0.2) is 9.97 Å². The molecule has 1 saturated carbocycles. The maximum absolute atomic E-state index is 5.73. The van der Waals surface area contributed by atoms with E-state index < -0.39 is 0 Å². The molecule has 0 unspecified atom stereocenters. The standard InChI is InChI=1S/C14H22N4/c1-14(5-6-14)12-2-7-16-13(17-12)18-8-3-11(10-15)4-9-18/h2,7,11H,3-6,8-10,15H2,1H3. The number of aromatic nitrogens is 2. The van der Waals surface area contributed by atoms with Crippen LogP contribution < -0.4 is 10.6 Å². The van der Waals surface area contributed by atoms with Crippen molar-refractivity contribution in [1.82, 2.24) is 9.97 Å². The van der Waals surface area contributed by atoms with Crippen LogP contribution in [-0.4, -0.2) is 29.6 Å². The number of nitrogens with two attached hydrogens (primary N) is 1. The highest BCUT2D eigenvalue weighted by Crippen LogP contribution is 2.46. The normalized spacial score (nSPS) is 23.1. The molecule has 0 atom stereocenters. The molecule has 2 heterocycles. The molecule has 4 nitrogen and oxygen atoms in total. The van der Waals surface area contributed by atoms with Gasteiger partial charge in [-0.3, -0.25) is 0 Å². The quantitative estimate of drug-likeness (QED) is 0.882. The van der Waals surface area contributed by atoms with E-state index in [0.717, 1.165) is 25.6 Å². The van der Waals surface area contributed by atoms with Crippen molar-refractivity contribution in [2.75, 3.05) is 24.5 Å². The average Bonchev–Trinajstić information content (AvgIpc) is 3.18. The molecule has 3 rings (SSSR count). The molecular formula is C14H22N4. The SMILES string of the molecule is CC1(c2ccnc(N3CCC(CN)CC3)n2)CC1. The van der Waals surface area contributed by atoms with Crippen molar-refractivity contribution < 1.29 is 0 Å². The molecule has 18 heavy (non-hydrogen) atoms. The smallest absolute Gasteiger partial charge is 0.225 e. The van der Waals surface area contributed by atoms with E-state index in [-0.39, 0.29) is 0 Å². The van der Waals surface area contributed by atoms with Crippen LogP contribution in [0.25, 0.3) is 0 Å². The number of hydrogen-bond donors (Lipinski definition) is 1. The first-order valence-electron chi connectivity index (χ1n) is 7.00. The second-order valence-corrected chi connectivity index (χ2v) is 5.97. The summed E-state index contributed by atoms with van der Waals surface area (Å²) in [5, 5.41) is 0. The second kappa shape index (κ2) is 4.50. The van der Waals surface area contributed by atoms with Gasteiger partial charge in [0.15, 0.2) is 0 Å². The highest BCUT2D eigenvalue weighted by Gasteiger charge is 2.40. The van der Waals surface area contributed by atoms with Crippen molar-refractivity contribution in [2.45, 2.75) is 38.0 Å². The Labute approximate surface area is 109 Å². The first-order chi connectivity index (χ1) is 8.71. The molecule has 1 aromatic heterocycles. The number of piperidine rings is 1. The Morgan fingerprint density at radius 3 is 2.72 bits per heavy atom. The van der Waals surface area contributed by atoms with Crippen LogP contribution in [0.1, 0.15) is 38.3 Å². The van der Waals surface area contributed by atoms with Gasteiger partial charge in [-0.05, 0) is 44.2 Å². The Morgan fingerprint density at radius 1 is 1.39 bits per heavy atom. The lowest BCUT2D eigenvalue weighted by atomic mass is 9.97. The van der Waals surface area contributed by atoms with Crippen molar-refractivity contribution in [3.05, 3.63) is 18.0 Å². The number of hydrogen-bond acceptors (Lipinski definition) is 4. The van der Waals surface area contributed by atoms with Crippen molar-refractivity contribution in [3.63, 3.8) is 0 Å². The second-order valence-electron chi connectivity index (χ2n) is 5.97. The van der Waals surface area contributed by atoms with Crippen LogP contribution in [0.5, 0.6) is 0 Å². The Hall–Kier alpha value is -1.16. The van der Waals surface area contributed by atoms with Crippen molar-refractivity contribution in [3.8, 4) is 0 Å². The van der Waals surface area contributed by atoms with Gasteiger partial charge in [0, 0.05) is 24.7 Å². The summed E-state index contributed by atoms with van der Waals surface area (Å²) in [4.78, 5) is 11.5. The molecule has 0 radical (unpaired) electrons. The third kappa shape index (κ3) is 2.21. The summed E-state index contributed by atoms with van der Waals surface area (Å²) in [5.74, 6) is 1.60. The zero-order valence-corrected chi connectivity index (χ0v) is 11.1. The van der Waals surface area contributed by atoms with Crippen molar-refractivity contribution in [1.29, 1.82) is 0 Å². The lowest BCUT2D eigenvalue weighted by Gasteiger charge is -2.31. The Balaban J connectivity index is 1.73. The maximum atomic E-state index is 5.73. The monoisotopic (exact) mass is 246 g/mol. The van der Waals surface area contributed by atoms with E-state index in [1.165, 1.54) is 31.4 Å². The van der Waals surface area contributed by atoms with Gasteiger partial charge < -0.3 is 10.6 Å². The minimum absolute atomic E-state index is 0.327. The highest BCUT2D eigenvalue weighted by molar-refractivity contribution is 5.34. The Bertz CT molecular complexity index is 420. The topological polar surface area (TPSA) is 55.0 Å². The van der Waals surface area contributed by atoms with Crippen LogP contribution >= 0.6 is 0 Å². The fraction of sp³-hybridized carbons (Fsp3) is 0.714. The first-order valence-corrected chi connectivity index (χ1v) is 7.00. The maximum Gasteiger partial charge on any atom is 0.225 e. The molecule has 0 aromatic carbocycles. The third-order valence-electron chi connectivity index (χ3n) is 4.49. The Morgan fingerprint density at radius 2 is 2.11 bits per heavy atom. The summed E-state index contributed by atoms with van der Waals surface area (Å²) in [5.41, 5.74) is 7.27. The zero-order valence-electron chi connectivity index (χ0n) is 11.1. The summed E-state index contributed by atoms with van der Waals surface area (Å²) in [6.45, 7) is 5.19. The number of nitrogens with zero attached hydrogens (tertiary/aromatic N) is 3. The molecule has 1 saturated heterocycles. The molecule has 0 amide bonds. The van der Waals surface area contributed by atoms with E-state index in [9.17, 15) is 0 Å². The van der Waals surface area contributed by atoms with Gasteiger partial charge in [0.1, 0.15) is 0 Å². The van der Waals surface area contributed by atoms with Gasteiger partial charge in [-0.2, -0.15) is 0 Å². The molecule has 1 aliphatic heterocycles. The van der Waals surface area contributed by atoms with Crippen LogP contribution in [0.2, 0.25) is 0 Å². The van der Waals surface area contributed by atoms with E-state index >= 15 is 0 Å². The molecule has 0 bridgehead atoms. The van der Waals surface area contributed by atoms with Gasteiger partial charge in [0.2, 0.25) is 5.95 Å². The van der Waals surface area contributed by atoms with Crippen LogP contribution in [0.3, 0.4) is 0 Å². The van der Waals surface area contributed by atoms with Crippen LogP contribution in [0, 0.1) is 5.92 Å². The van der Waals surface area contributed by atoms with Gasteiger partial charge in [-0.15, -0.1) is 0 Å². The van der Waals surface area contributed by atoms with E-state index in [0.29, 0.717) is 11.3 Å². The average molecular weight is 246 g/mol.